The maximum Gasteiger partial charge on any atom is 0.246 e. The first kappa shape index (κ1) is 13.0. The molecule has 1 amide bonds. The number of anilines is 1. The summed E-state index contributed by atoms with van der Waals surface area (Å²) in [6.45, 7) is 4.33. The van der Waals surface area contributed by atoms with Gasteiger partial charge in [-0.05, 0) is 37.5 Å². The molecule has 98 valence electrons. The van der Waals surface area contributed by atoms with Gasteiger partial charge < -0.3 is 10.6 Å². The molecule has 0 radical (unpaired) electrons. The predicted molar refractivity (Wildman–Crippen MR) is 70.0 cm³/mol. The molecule has 0 aliphatic carbocycles. The van der Waals surface area contributed by atoms with E-state index in [1.165, 1.54) is 12.1 Å². The van der Waals surface area contributed by atoms with Crippen LogP contribution in [0.25, 0.3) is 0 Å². The SMILES string of the molecule is CCCC(C)(N)C(=O)N1CCc2ccc(F)cc21. The topological polar surface area (TPSA) is 46.3 Å². The normalized spacial score (nSPS) is 17.4. The summed E-state index contributed by atoms with van der Waals surface area (Å²) in [7, 11) is 0. The maximum atomic E-state index is 13.3. The average molecular weight is 250 g/mol. The lowest BCUT2D eigenvalue weighted by molar-refractivity contribution is -0.123. The van der Waals surface area contributed by atoms with Crippen molar-refractivity contribution >= 4 is 11.6 Å². The minimum Gasteiger partial charge on any atom is -0.318 e. The van der Waals surface area contributed by atoms with Gasteiger partial charge >= 0.3 is 0 Å². The standard InChI is InChI=1S/C14H19FN2O/c1-3-7-14(2,16)13(18)17-8-6-10-4-5-11(15)9-12(10)17/h4-5,9H,3,6-8,16H2,1-2H3. The number of carbonyl (C=O) groups is 1. The quantitative estimate of drug-likeness (QED) is 0.894. The monoisotopic (exact) mass is 250 g/mol. The van der Waals surface area contributed by atoms with E-state index in [9.17, 15) is 9.18 Å². The number of nitrogens with two attached hydrogens (primary N) is 1. The lowest BCUT2D eigenvalue weighted by Crippen LogP contribution is -2.53. The number of rotatable bonds is 3. The molecule has 1 atom stereocenters. The highest BCUT2D eigenvalue weighted by atomic mass is 19.1. The molecule has 1 aliphatic rings. The zero-order chi connectivity index (χ0) is 13.3. The summed E-state index contributed by atoms with van der Waals surface area (Å²) < 4.78 is 13.3. The third-order valence-electron chi connectivity index (χ3n) is 3.45. The second-order valence-corrected chi connectivity index (χ2v) is 5.15. The van der Waals surface area contributed by atoms with E-state index in [2.05, 4.69) is 0 Å². The zero-order valence-corrected chi connectivity index (χ0v) is 10.9. The average Bonchev–Trinajstić information content (AvgIpc) is 2.70. The van der Waals surface area contributed by atoms with Crippen LogP contribution in [0.1, 0.15) is 32.3 Å². The van der Waals surface area contributed by atoms with E-state index in [0.29, 0.717) is 18.7 Å². The molecule has 1 heterocycles. The van der Waals surface area contributed by atoms with E-state index in [1.807, 2.05) is 6.92 Å². The molecule has 3 nitrogen and oxygen atoms in total. The van der Waals surface area contributed by atoms with Gasteiger partial charge in [-0.1, -0.05) is 19.4 Å². The summed E-state index contributed by atoms with van der Waals surface area (Å²) in [6.07, 6.45) is 2.25. The van der Waals surface area contributed by atoms with Crippen molar-refractivity contribution in [1.29, 1.82) is 0 Å². The molecule has 0 spiro atoms. The Morgan fingerprint density at radius 3 is 2.94 bits per heavy atom. The third kappa shape index (κ3) is 2.25. The van der Waals surface area contributed by atoms with Gasteiger partial charge in [0, 0.05) is 12.2 Å². The predicted octanol–water partition coefficient (Wildman–Crippen LogP) is 2.23. The minimum absolute atomic E-state index is 0.117. The van der Waals surface area contributed by atoms with E-state index in [1.54, 1.807) is 17.9 Å². The van der Waals surface area contributed by atoms with E-state index in [-0.39, 0.29) is 11.7 Å². The molecule has 18 heavy (non-hydrogen) atoms. The summed E-state index contributed by atoms with van der Waals surface area (Å²) in [5.41, 5.74) is 6.87. The first-order chi connectivity index (χ1) is 8.45. The highest BCUT2D eigenvalue weighted by molar-refractivity contribution is 6.01. The van der Waals surface area contributed by atoms with Crippen LogP contribution in [0.15, 0.2) is 18.2 Å². The summed E-state index contributed by atoms with van der Waals surface area (Å²) in [5, 5.41) is 0. The van der Waals surface area contributed by atoms with Crippen molar-refractivity contribution in [3.05, 3.63) is 29.6 Å². The van der Waals surface area contributed by atoms with Crippen molar-refractivity contribution in [2.24, 2.45) is 5.73 Å². The molecule has 0 fully saturated rings. The van der Waals surface area contributed by atoms with Crippen LogP contribution in [0.2, 0.25) is 0 Å². The molecule has 0 aromatic heterocycles. The second kappa shape index (κ2) is 4.69. The smallest absolute Gasteiger partial charge is 0.246 e. The van der Waals surface area contributed by atoms with Gasteiger partial charge in [0.05, 0.1) is 5.54 Å². The number of carbonyl (C=O) groups excluding carboxylic acids is 1. The molecule has 0 saturated carbocycles. The number of fused-ring (bicyclic) bond motifs is 1. The largest absolute Gasteiger partial charge is 0.318 e. The van der Waals surface area contributed by atoms with Crippen LogP contribution in [0.4, 0.5) is 10.1 Å². The Hall–Kier alpha value is -1.42. The highest BCUT2D eigenvalue weighted by Crippen LogP contribution is 2.30. The van der Waals surface area contributed by atoms with Gasteiger partial charge in [-0.3, -0.25) is 4.79 Å². The van der Waals surface area contributed by atoms with Gasteiger partial charge in [0.15, 0.2) is 0 Å². The van der Waals surface area contributed by atoms with Crippen molar-refractivity contribution in [3.63, 3.8) is 0 Å². The van der Waals surface area contributed by atoms with Crippen LogP contribution in [0.5, 0.6) is 0 Å². The van der Waals surface area contributed by atoms with E-state index in [4.69, 9.17) is 5.73 Å². The van der Waals surface area contributed by atoms with Crippen LogP contribution >= 0.6 is 0 Å². The molecular weight excluding hydrogens is 231 g/mol. The Balaban J connectivity index is 2.28. The van der Waals surface area contributed by atoms with E-state index in [0.717, 1.165) is 18.4 Å². The lowest BCUT2D eigenvalue weighted by atomic mass is 9.95. The number of amides is 1. The summed E-state index contributed by atoms with van der Waals surface area (Å²) >= 11 is 0. The number of hydrogen-bond donors (Lipinski definition) is 1. The molecule has 4 heteroatoms. The van der Waals surface area contributed by atoms with Crippen molar-refractivity contribution in [2.75, 3.05) is 11.4 Å². The molecular formula is C14H19FN2O. The molecule has 1 aromatic rings. The number of nitrogens with zero attached hydrogens (tertiary/aromatic N) is 1. The van der Waals surface area contributed by atoms with Gasteiger partial charge in [-0.25, -0.2) is 4.39 Å². The van der Waals surface area contributed by atoms with Crippen molar-refractivity contribution in [2.45, 2.75) is 38.6 Å². The van der Waals surface area contributed by atoms with Crippen LogP contribution in [0, 0.1) is 5.82 Å². The number of benzene rings is 1. The minimum atomic E-state index is -0.872. The molecule has 0 bridgehead atoms. The summed E-state index contributed by atoms with van der Waals surface area (Å²) in [4.78, 5) is 14.0. The maximum absolute atomic E-state index is 13.3. The Morgan fingerprint density at radius 1 is 1.56 bits per heavy atom. The Labute approximate surface area is 107 Å². The summed E-state index contributed by atoms with van der Waals surface area (Å²) in [5.74, 6) is -0.434. The Kier molecular flexibility index (Phi) is 3.39. The van der Waals surface area contributed by atoms with Gasteiger partial charge in [-0.2, -0.15) is 0 Å². The lowest BCUT2D eigenvalue weighted by Gasteiger charge is -2.29. The van der Waals surface area contributed by atoms with Gasteiger partial charge in [0.1, 0.15) is 5.82 Å². The zero-order valence-electron chi connectivity index (χ0n) is 10.9. The van der Waals surface area contributed by atoms with Crippen molar-refractivity contribution < 1.29 is 9.18 Å². The van der Waals surface area contributed by atoms with Crippen LogP contribution < -0.4 is 10.6 Å². The second-order valence-electron chi connectivity index (χ2n) is 5.15. The van der Waals surface area contributed by atoms with Gasteiger partial charge in [0.25, 0.3) is 0 Å². The Bertz CT molecular complexity index is 471. The first-order valence-corrected chi connectivity index (χ1v) is 6.35. The third-order valence-corrected chi connectivity index (χ3v) is 3.45. The van der Waals surface area contributed by atoms with Crippen molar-refractivity contribution in [3.8, 4) is 0 Å². The number of hydrogen-bond acceptors (Lipinski definition) is 2. The Morgan fingerprint density at radius 2 is 2.28 bits per heavy atom. The molecule has 1 aromatic carbocycles. The van der Waals surface area contributed by atoms with Gasteiger partial charge in [-0.15, -0.1) is 0 Å². The molecule has 2 rings (SSSR count). The first-order valence-electron chi connectivity index (χ1n) is 6.35. The van der Waals surface area contributed by atoms with E-state index >= 15 is 0 Å². The fourth-order valence-corrected chi connectivity index (χ4v) is 2.50. The van der Waals surface area contributed by atoms with E-state index < -0.39 is 5.54 Å². The van der Waals surface area contributed by atoms with Gasteiger partial charge in [0.2, 0.25) is 5.91 Å². The highest BCUT2D eigenvalue weighted by Gasteiger charge is 2.35. The molecule has 1 aliphatic heterocycles. The summed E-state index contributed by atoms with van der Waals surface area (Å²) in [6, 6.07) is 4.59. The van der Waals surface area contributed by atoms with Crippen molar-refractivity contribution in [1.82, 2.24) is 0 Å². The van der Waals surface area contributed by atoms with Crippen LogP contribution in [0.3, 0.4) is 0 Å². The number of halogens is 1. The van der Waals surface area contributed by atoms with Crippen LogP contribution in [-0.4, -0.2) is 18.0 Å². The fraction of sp³-hybridized carbons (Fsp3) is 0.500. The fourth-order valence-electron chi connectivity index (χ4n) is 2.50. The molecule has 1 unspecified atom stereocenters. The molecule has 0 saturated heterocycles. The molecule has 2 N–H and O–H groups in total. The van der Waals surface area contributed by atoms with Crippen LogP contribution in [-0.2, 0) is 11.2 Å².